The van der Waals surface area contributed by atoms with Gasteiger partial charge >= 0.3 is 6.03 Å². The van der Waals surface area contributed by atoms with Crippen LogP contribution in [0, 0.1) is 5.92 Å². The summed E-state index contributed by atoms with van der Waals surface area (Å²) < 4.78 is 0. The van der Waals surface area contributed by atoms with Gasteiger partial charge in [0.15, 0.2) is 0 Å². The first-order valence-corrected chi connectivity index (χ1v) is 8.35. The highest BCUT2D eigenvalue weighted by molar-refractivity contribution is 5.93. The van der Waals surface area contributed by atoms with E-state index in [4.69, 9.17) is 0 Å². The highest BCUT2D eigenvalue weighted by Gasteiger charge is 2.23. The van der Waals surface area contributed by atoms with E-state index in [0.717, 1.165) is 5.56 Å². The summed E-state index contributed by atoms with van der Waals surface area (Å²) in [4.78, 5) is 28.6. The number of amides is 3. The van der Waals surface area contributed by atoms with Gasteiger partial charge in [0.2, 0.25) is 5.91 Å². The molecule has 2 aromatic rings. The van der Waals surface area contributed by atoms with Crippen LogP contribution in [0.2, 0.25) is 0 Å². The molecule has 3 amide bonds. The number of nitrogens with zero attached hydrogens (tertiary/aromatic N) is 1. The number of carbonyl (C=O) groups excluding carboxylic acids is 2. The average molecular weight is 340 g/mol. The van der Waals surface area contributed by atoms with Gasteiger partial charge in [-0.2, -0.15) is 0 Å². The van der Waals surface area contributed by atoms with E-state index in [9.17, 15) is 9.59 Å². The number of hydrogen-bond acceptors (Lipinski definition) is 3. The molecule has 0 saturated heterocycles. The third kappa shape index (κ3) is 6.25. The first-order valence-electron chi connectivity index (χ1n) is 8.35. The van der Waals surface area contributed by atoms with Crippen LogP contribution in [-0.4, -0.2) is 29.5 Å². The van der Waals surface area contributed by atoms with Gasteiger partial charge < -0.3 is 16.0 Å². The predicted molar refractivity (Wildman–Crippen MR) is 98.2 cm³/mol. The van der Waals surface area contributed by atoms with Gasteiger partial charge in [-0.15, -0.1) is 0 Å². The van der Waals surface area contributed by atoms with E-state index in [1.165, 1.54) is 0 Å². The fourth-order valence-electron chi connectivity index (χ4n) is 2.35. The lowest BCUT2D eigenvalue weighted by Gasteiger charge is -2.22. The van der Waals surface area contributed by atoms with Crippen molar-refractivity contribution in [1.82, 2.24) is 15.6 Å². The van der Waals surface area contributed by atoms with Crippen molar-refractivity contribution >= 4 is 17.6 Å². The summed E-state index contributed by atoms with van der Waals surface area (Å²) in [6.07, 6.45) is 4.18. The number of urea groups is 1. The van der Waals surface area contributed by atoms with Crippen molar-refractivity contribution in [2.24, 2.45) is 5.92 Å². The highest BCUT2D eigenvalue weighted by Crippen LogP contribution is 2.06. The summed E-state index contributed by atoms with van der Waals surface area (Å²) in [5.41, 5.74) is 1.73. The Morgan fingerprint density at radius 1 is 1.08 bits per heavy atom. The lowest BCUT2D eigenvalue weighted by atomic mass is 10.0. The summed E-state index contributed by atoms with van der Waals surface area (Å²) in [5, 5.41) is 8.34. The molecule has 6 nitrogen and oxygen atoms in total. The maximum Gasteiger partial charge on any atom is 0.319 e. The second kappa shape index (κ2) is 9.42. The minimum absolute atomic E-state index is 0.0279. The van der Waals surface area contributed by atoms with E-state index >= 15 is 0 Å². The molecule has 0 radical (unpaired) electrons. The van der Waals surface area contributed by atoms with Crippen LogP contribution in [-0.2, 0) is 11.2 Å². The second-order valence-electron chi connectivity index (χ2n) is 6.09. The molecule has 1 aromatic heterocycles. The summed E-state index contributed by atoms with van der Waals surface area (Å²) in [7, 11) is 0. The normalized spacial score (nSPS) is 11.6. The van der Waals surface area contributed by atoms with Crippen molar-refractivity contribution in [2.75, 3.05) is 11.9 Å². The molecule has 0 aliphatic carbocycles. The van der Waals surface area contributed by atoms with Gasteiger partial charge in [-0.3, -0.25) is 9.78 Å². The van der Waals surface area contributed by atoms with Crippen molar-refractivity contribution in [2.45, 2.75) is 26.3 Å². The van der Waals surface area contributed by atoms with Crippen molar-refractivity contribution in [1.29, 1.82) is 0 Å². The van der Waals surface area contributed by atoms with Crippen LogP contribution in [0.1, 0.15) is 19.4 Å². The summed E-state index contributed by atoms with van der Waals surface area (Å²) in [6, 6.07) is 12.0. The minimum Gasteiger partial charge on any atom is -0.354 e. The van der Waals surface area contributed by atoms with Gasteiger partial charge in [-0.05, 0) is 36.1 Å². The number of anilines is 1. The molecular formula is C19H24N4O2. The molecule has 1 atom stereocenters. The molecule has 0 fully saturated rings. The Morgan fingerprint density at radius 3 is 2.48 bits per heavy atom. The Labute approximate surface area is 148 Å². The molecule has 6 heteroatoms. The van der Waals surface area contributed by atoms with Gasteiger partial charge in [-0.25, -0.2) is 4.79 Å². The third-order valence-corrected chi connectivity index (χ3v) is 3.70. The van der Waals surface area contributed by atoms with Gasteiger partial charge in [0.1, 0.15) is 6.04 Å². The Kier molecular flexibility index (Phi) is 6.95. The molecule has 3 N–H and O–H groups in total. The quantitative estimate of drug-likeness (QED) is 0.724. The molecule has 0 spiro atoms. The number of hydrogen-bond donors (Lipinski definition) is 3. The summed E-state index contributed by atoms with van der Waals surface area (Å²) in [5.74, 6) is -0.220. The third-order valence-electron chi connectivity index (χ3n) is 3.70. The molecule has 0 aliphatic rings. The van der Waals surface area contributed by atoms with Crippen LogP contribution in [0.3, 0.4) is 0 Å². The average Bonchev–Trinajstić information content (AvgIpc) is 2.61. The van der Waals surface area contributed by atoms with E-state index in [1.807, 2.05) is 44.2 Å². The predicted octanol–water partition coefficient (Wildman–Crippen LogP) is 2.59. The Balaban J connectivity index is 1.84. The lowest BCUT2D eigenvalue weighted by Crippen LogP contribution is -2.51. The van der Waals surface area contributed by atoms with Crippen LogP contribution < -0.4 is 16.0 Å². The maximum absolute atomic E-state index is 12.4. The van der Waals surface area contributed by atoms with Crippen LogP contribution in [0.25, 0.3) is 0 Å². The first-order chi connectivity index (χ1) is 12.1. The number of benzene rings is 1. The Morgan fingerprint density at radius 2 is 1.84 bits per heavy atom. The van der Waals surface area contributed by atoms with Gasteiger partial charge in [0, 0.05) is 24.6 Å². The van der Waals surface area contributed by atoms with E-state index in [0.29, 0.717) is 18.7 Å². The van der Waals surface area contributed by atoms with Crippen molar-refractivity contribution in [3.63, 3.8) is 0 Å². The van der Waals surface area contributed by atoms with Crippen molar-refractivity contribution < 1.29 is 9.59 Å². The molecule has 0 aliphatic heterocycles. The van der Waals surface area contributed by atoms with Crippen LogP contribution in [0.4, 0.5) is 10.5 Å². The van der Waals surface area contributed by atoms with E-state index in [-0.39, 0.29) is 11.8 Å². The number of pyridine rings is 1. The molecule has 132 valence electrons. The largest absolute Gasteiger partial charge is 0.354 e. The zero-order valence-electron chi connectivity index (χ0n) is 14.5. The first kappa shape index (κ1) is 18.4. The van der Waals surface area contributed by atoms with Crippen molar-refractivity contribution in [3.05, 3.63) is 60.4 Å². The van der Waals surface area contributed by atoms with E-state index in [1.54, 1.807) is 24.5 Å². The molecular weight excluding hydrogens is 316 g/mol. The Bertz CT molecular complexity index is 674. The second-order valence-corrected chi connectivity index (χ2v) is 6.09. The summed E-state index contributed by atoms with van der Waals surface area (Å²) >= 11 is 0. The standard InChI is InChI=1S/C19H24N4O2/c1-14(2)17(23-19(25)22-16-8-4-3-5-9-16)18(24)21-12-10-15-7-6-11-20-13-15/h3-9,11,13-14,17H,10,12H2,1-2H3,(H,21,24)(H2,22,23,25). The van der Waals surface area contributed by atoms with E-state index in [2.05, 4.69) is 20.9 Å². The molecule has 1 heterocycles. The van der Waals surface area contributed by atoms with Gasteiger partial charge in [0.05, 0.1) is 0 Å². The zero-order chi connectivity index (χ0) is 18.1. The number of rotatable bonds is 7. The SMILES string of the molecule is CC(C)C(NC(=O)Nc1ccccc1)C(=O)NCCc1cccnc1. The van der Waals surface area contributed by atoms with Crippen LogP contribution in [0.15, 0.2) is 54.9 Å². The zero-order valence-corrected chi connectivity index (χ0v) is 14.5. The van der Waals surface area contributed by atoms with Crippen LogP contribution >= 0.6 is 0 Å². The van der Waals surface area contributed by atoms with Crippen LogP contribution in [0.5, 0.6) is 0 Å². The number of carbonyl (C=O) groups is 2. The number of aromatic nitrogens is 1. The number of nitrogens with one attached hydrogen (secondary N) is 3. The maximum atomic E-state index is 12.4. The fraction of sp³-hybridized carbons (Fsp3) is 0.316. The van der Waals surface area contributed by atoms with E-state index < -0.39 is 12.1 Å². The molecule has 2 rings (SSSR count). The highest BCUT2D eigenvalue weighted by atomic mass is 16.2. The summed E-state index contributed by atoms with van der Waals surface area (Å²) in [6.45, 7) is 4.29. The topological polar surface area (TPSA) is 83.1 Å². The monoisotopic (exact) mass is 340 g/mol. The lowest BCUT2D eigenvalue weighted by molar-refractivity contribution is -0.123. The Hall–Kier alpha value is -2.89. The molecule has 0 saturated carbocycles. The fourth-order valence-corrected chi connectivity index (χ4v) is 2.35. The van der Waals surface area contributed by atoms with Gasteiger partial charge in [0.25, 0.3) is 0 Å². The van der Waals surface area contributed by atoms with Crippen molar-refractivity contribution in [3.8, 4) is 0 Å². The molecule has 1 aromatic carbocycles. The molecule has 1 unspecified atom stereocenters. The van der Waals surface area contributed by atoms with Gasteiger partial charge in [-0.1, -0.05) is 38.1 Å². The number of para-hydroxylation sites is 1. The molecule has 25 heavy (non-hydrogen) atoms. The molecule has 0 bridgehead atoms. The smallest absolute Gasteiger partial charge is 0.319 e. The minimum atomic E-state index is -0.599.